The van der Waals surface area contributed by atoms with E-state index < -0.39 is 15.2 Å². The lowest BCUT2D eigenvalue weighted by atomic mass is 10.3. The molecule has 0 amide bonds. The molecule has 0 spiro atoms. The van der Waals surface area contributed by atoms with Crippen molar-refractivity contribution in [2.24, 2.45) is 0 Å². The maximum absolute atomic E-state index is 4.82. The summed E-state index contributed by atoms with van der Waals surface area (Å²) in [5.41, 5.74) is 2.67. The Kier molecular flexibility index (Phi) is 2.95. The molecule has 0 atom stereocenters. The molecule has 0 saturated carbocycles. The highest BCUT2D eigenvalue weighted by Gasteiger charge is 2.50. The summed E-state index contributed by atoms with van der Waals surface area (Å²) in [5.74, 6) is 0. The maximum atomic E-state index is 4.82. The van der Waals surface area contributed by atoms with Gasteiger partial charge in [0.25, 0.3) is 0 Å². The molecule has 0 aliphatic carbocycles. The van der Waals surface area contributed by atoms with Crippen LogP contribution in [-0.2, 0) is 6.42 Å². The van der Waals surface area contributed by atoms with Gasteiger partial charge >= 0.3 is 0 Å². The monoisotopic (exact) mass is 324 g/mol. The molecule has 0 unspecified atom stereocenters. The average molecular weight is 325 g/mol. The van der Waals surface area contributed by atoms with E-state index in [-0.39, 0.29) is 0 Å². The largest absolute Gasteiger partial charge is 0.246 e. The van der Waals surface area contributed by atoms with Crippen molar-refractivity contribution in [1.82, 2.24) is 9.97 Å². The third-order valence-electron chi connectivity index (χ3n) is 4.64. The van der Waals surface area contributed by atoms with Crippen molar-refractivity contribution >= 4 is 46.9 Å². The number of nitrogens with zero attached hydrogens (tertiary/aromatic N) is 2. The molecule has 19 heavy (non-hydrogen) atoms. The van der Waals surface area contributed by atoms with Crippen molar-refractivity contribution in [2.75, 3.05) is 0 Å². The van der Waals surface area contributed by atoms with Crippen LogP contribution in [0.2, 0.25) is 26.2 Å². The Morgan fingerprint density at radius 3 is 1.53 bits per heavy atom. The van der Waals surface area contributed by atoms with Crippen LogP contribution in [0.15, 0.2) is 0 Å². The number of hydrogen-bond donors (Lipinski definition) is 0. The lowest BCUT2D eigenvalue weighted by Gasteiger charge is -2.36. The molecule has 0 aromatic carbocycles. The lowest BCUT2D eigenvalue weighted by Crippen LogP contribution is -2.67. The van der Waals surface area contributed by atoms with E-state index >= 15 is 0 Å². The zero-order valence-electron chi connectivity index (χ0n) is 12.4. The van der Waals surface area contributed by atoms with Gasteiger partial charge in [-0.2, -0.15) is 0 Å². The van der Waals surface area contributed by atoms with Crippen LogP contribution in [0.25, 0.3) is 0 Å². The van der Waals surface area contributed by atoms with Gasteiger partial charge < -0.3 is 0 Å². The van der Waals surface area contributed by atoms with Gasteiger partial charge in [-0.05, 0) is 13.8 Å². The third kappa shape index (κ3) is 1.84. The minimum Gasteiger partial charge on any atom is -0.246 e. The molecule has 0 radical (unpaired) electrons. The summed E-state index contributed by atoms with van der Waals surface area (Å²) in [7, 11) is -2.88. The van der Waals surface area contributed by atoms with E-state index in [1.54, 1.807) is 9.00 Å². The predicted octanol–water partition coefficient (Wildman–Crippen LogP) is 2.73. The topological polar surface area (TPSA) is 25.8 Å². The van der Waals surface area contributed by atoms with Crippen molar-refractivity contribution in [3.63, 3.8) is 0 Å². The molecule has 2 aromatic rings. The van der Waals surface area contributed by atoms with E-state index in [1.165, 1.54) is 21.4 Å². The molecule has 6 heteroatoms. The van der Waals surface area contributed by atoms with Crippen LogP contribution in [0.5, 0.6) is 0 Å². The fraction of sp³-hybridized carbons (Fsp3) is 0.538. The maximum Gasteiger partial charge on any atom is 0.0953 e. The SMILES string of the molecule is Cc1nc2c(s1)[Si](C)(C)[Si](C)(C)c1sc(C)nc1C2. The normalized spacial score (nSPS) is 19.7. The summed E-state index contributed by atoms with van der Waals surface area (Å²) in [5, 5.41) is 2.46. The summed E-state index contributed by atoms with van der Waals surface area (Å²) >= 11 is 3.91. The molecular formula is C13H20N2S2Si2. The number of aromatic nitrogens is 2. The van der Waals surface area contributed by atoms with Crippen LogP contribution in [0.3, 0.4) is 0 Å². The summed E-state index contributed by atoms with van der Waals surface area (Å²) in [6, 6.07) is 0. The molecule has 1 aliphatic rings. The summed E-state index contributed by atoms with van der Waals surface area (Å²) in [6.45, 7) is 14.5. The van der Waals surface area contributed by atoms with Gasteiger partial charge in [-0.15, -0.1) is 22.7 Å². The second kappa shape index (κ2) is 4.10. The van der Waals surface area contributed by atoms with Crippen LogP contribution in [-0.4, -0.2) is 25.2 Å². The Morgan fingerprint density at radius 1 is 0.789 bits per heavy atom. The van der Waals surface area contributed by atoms with Gasteiger partial charge in [0.2, 0.25) is 0 Å². The number of hydrogen-bond acceptors (Lipinski definition) is 4. The molecule has 3 rings (SSSR count). The number of fused-ring (bicyclic) bond motifs is 2. The van der Waals surface area contributed by atoms with E-state index in [9.17, 15) is 0 Å². The minimum atomic E-state index is -1.44. The van der Waals surface area contributed by atoms with Crippen molar-refractivity contribution < 1.29 is 0 Å². The second-order valence-corrected chi connectivity index (χ2v) is 24.6. The zero-order chi connectivity index (χ0) is 14.0. The first-order valence-electron chi connectivity index (χ1n) is 6.67. The van der Waals surface area contributed by atoms with E-state index in [2.05, 4.69) is 40.0 Å². The van der Waals surface area contributed by atoms with Gasteiger partial charge in [-0.25, -0.2) is 9.97 Å². The first-order valence-corrected chi connectivity index (χ1v) is 15.3. The van der Waals surface area contributed by atoms with Gasteiger partial charge in [0.15, 0.2) is 0 Å². The van der Waals surface area contributed by atoms with Crippen LogP contribution < -0.4 is 9.00 Å². The Balaban J connectivity index is 2.33. The van der Waals surface area contributed by atoms with Gasteiger partial charge in [0.05, 0.1) is 36.6 Å². The van der Waals surface area contributed by atoms with Crippen LogP contribution in [0.1, 0.15) is 21.4 Å². The number of thiazole rings is 2. The van der Waals surface area contributed by atoms with Gasteiger partial charge in [-0.3, -0.25) is 0 Å². The Bertz CT molecular complexity index is 599. The van der Waals surface area contributed by atoms with Crippen LogP contribution >= 0.6 is 22.7 Å². The molecule has 0 bridgehead atoms. The quantitative estimate of drug-likeness (QED) is 0.696. The first-order chi connectivity index (χ1) is 8.73. The summed E-state index contributed by atoms with van der Waals surface area (Å²) in [6.07, 6.45) is 0.964. The smallest absolute Gasteiger partial charge is 0.0953 e. The van der Waals surface area contributed by atoms with E-state index in [0.717, 1.165) is 6.42 Å². The third-order valence-corrected chi connectivity index (χ3v) is 27.9. The second-order valence-electron chi connectivity index (χ2n) is 6.44. The highest BCUT2D eigenvalue weighted by Crippen LogP contribution is 2.30. The van der Waals surface area contributed by atoms with E-state index in [1.807, 2.05) is 22.7 Å². The van der Waals surface area contributed by atoms with Crippen molar-refractivity contribution in [3.05, 3.63) is 21.4 Å². The van der Waals surface area contributed by atoms with Crippen LogP contribution in [0.4, 0.5) is 0 Å². The average Bonchev–Trinajstić information content (AvgIpc) is 2.81. The molecule has 1 aliphatic heterocycles. The zero-order valence-corrected chi connectivity index (χ0v) is 16.1. The molecular weight excluding hydrogens is 304 g/mol. The lowest BCUT2D eigenvalue weighted by molar-refractivity contribution is 1.04. The molecule has 102 valence electrons. The number of aryl methyl sites for hydroxylation is 2. The fourth-order valence-corrected chi connectivity index (χ4v) is 19.8. The fourth-order valence-electron chi connectivity index (χ4n) is 2.88. The summed E-state index contributed by atoms with van der Waals surface area (Å²) < 4.78 is 3.29. The standard InChI is InChI=1S/C13H20N2S2Si2/c1-8-14-10-7-11-13(17-9(2)15-11)19(5,6)18(3,4)12(10)16-8/h7H2,1-6H3. The van der Waals surface area contributed by atoms with E-state index in [4.69, 9.17) is 9.97 Å². The molecule has 0 N–H and O–H groups in total. The minimum absolute atomic E-state index is 0.964. The predicted molar refractivity (Wildman–Crippen MR) is 90.7 cm³/mol. The van der Waals surface area contributed by atoms with Crippen molar-refractivity contribution in [1.29, 1.82) is 0 Å². The molecule has 2 aromatic heterocycles. The Hall–Kier alpha value is -0.306. The van der Waals surface area contributed by atoms with Gasteiger partial charge in [0, 0.05) is 15.4 Å². The Morgan fingerprint density at radius 2 is 1.16 bits per heavy atom. The van der Waals surface area contributed by atoms with E-state index in [0.29, 0.717) is 0 Å². The highest BCUT2D eigenvalue weighted by molar-refractivity contribution is 7.59. The van der Waals surface area contributed by atoms with Crippen molar-refractivity contribution in [3.8, 4) is 0 Å². The van der Waals surface area contributed by atoms with Crippen LogP contribution in [0, 0.1) is 13.8 Å². The van der Waals surface area contributed by atoms with Crippen molar-refractivity contribution in [2.45, 2.75) is 46.5 Å². The number of rotatable bonds is 0. The highest BCUT2D eigenvalue weighted by atomic mass is 32.1. The molecule has 0 saturated heterocycles. The summed E-state index contributed by atoms with van der Waals surface area (Å²) in [4.78, 5) is 9.64. The molecule has 0 fully saturated rings. The first kappa shape index (κ1) is 13.7. The Labute approximate surface area is 124 Å². The molecule has 2 nitrogen and oxygen atoms in total. The van der Waals surface area contributed by atoms with Gasteiger partial charge in [0.1, 0.15) is 0 Å². The van der Waals surface area contributed by atoms with Gasteiger partial charge in [-0.1, -0.05) is 26.2 Å². The molecule has 3 heterocycles.